The third kappa shape index (κ3) is 2.69. The molecule has 0 aliphatic heterocycles. The lowest BCUT2D eigenvalue weighted by Crippen LogP contribution is -2.12. The fraction of sp³-hybridized carbons (Fsp3) is 0.583. The summed E-state index contributed by atoms with van der Waals surface area (Å²) in [6, 6.07) is 2.39. The van der Waals surface area contributed by atoms with Gasteiger partial charge in [-0.05, 0) is 38.6 Å². The van der Waals surface area contributed by atoms with E-state index in [4.69, 9.17) is 12.2 Å². The molecule has 0 spiro atoms. The molecular formula is C12H19N5S. The maximum atomic E-state index is 5.27. The minimum Gasteiger partial charge on any atom is -0.301 e. The molecule has 2 aromatic rings. The maximum absolute atomic E-state index is 5.27. The lowest BCUT2D eigenvalue weighted by Gasteiger charge is -2.13. The Balaban J connectivity index is 2.12. The summed E-state index contributed by atoms with van der Waals surface area (Å²) in [7, 11) is 0. The second-order valence-electron chi connectivity index (χ2n) is 4.54. The third-order valence-electron chi connectivity index (χ3n) is 3.15. The highest BCUT2D eigenvalue weighted by atomic mass is 32.1. The lowest BCUT2D eigenvalue weighted by atomic mass is 10.2. The summed E-state index contributed by atoms with van der Waals surface area (Å²) in [5.74, 6) is 1.00. The molecule has 5 nitrogen and oxygen atoms in total. The van der Waals surface area contributed by atoms with Gasteiger partial charge >= 0.3 is 0 Å². The van der Waals surface area contributed by atoms with Gasteiger partial charge in [0.2, 0.25) is 0 Å². The van der Waals surface area contributed by atoms with Gasteiger partial charge in [0.05, 0.1) is 5.69 Å². The second-order valence-corrected chi connectivity index (χ2v) is 4.93. The van der Waals surface area contributed by atoms with Crippen molar-refractivity contribution in [1.29, 1.82) is 0 Å². The molecular weight excluding hydrogens is 246 g/mol. The molecule has 0 saturated carbocycles. The minimum absolute atomic E-state index is 0.380. The molecule has 0 aliphatic carbocycles. The highest BCUT2D eigenvalue weighted by Gasteiger charge is 2.11. The van der Waals surface area contributed by atoms with Crippen molar-refractivity contribution in [1.82, 2.24) is 24.5 Å². The van der Waals surface area contributed by atoms with E-state index in [1.165, 1.54) is 0 Å². The first-order chi connectivity index (χ1) is 8.61. The number of nitrogens with one attached hydrogen (secondary N) is 1. The number of rotatable bonds is 5. The van der Waals surface area contributed by atoms with Gasteiger partial charge in [0.25, 0.3) is 0 Å². The summed E-state index contributed by atoms with van der Waals surface area (Å²) in [6.45, 7) is 7.13. The summed E-state index contributed by atoms with van der Waals surface area (Å²) in [5, 5.41) is 11.6. The first kappa shape index (κ1) is 13.0. The number of hydrogen-bond acceptors (Lipinski definition) is 3. The highest BCUT2D eigenvalue weighted by Crippen LogP contribution is 2.13. The average molecular weight is 265 g/mol. The molecule has 1 N–H and O–H groups in total. The SMILES string of the molecule is CC[C@@H](C)n1c(CCn2ccc(C)n2)n[nH]c1=S. The van der Waals surface area contributed by atoms with Crippen molar-refractivity contribution in [3.63, 3.8) is 0 Å². The van der Waals surface area contributed by atoms with Crippen LogP contribution in [0.15, 0.2) is 12.3 Å². The zero-order valence-corrected chi connectivity index (χ0v) is 11.9. The third-order valence-corrected chi connectivity index (χ3v) is 3.44. The van der Waals surface area contributed by atoms with Gasteiger partial charge in [-0.15, -0.1) is 0 Å². The number of hydrogen-bond donors (Lipinski definition) is 1. The van der Waals surface area contributed by atoms with E-state index in [2.05, 4.69) is 33.7 Å². The number of aromatic amines is 1. The van der Waals surface area contributed by atoms with Gasteiger partial charge in [0, 0.05) is 25.2 Å². The summed E-state index contributed by atoms with van der Waals surface area (Å²) < 4.78 is 4.75. The number of aryl methyl sites for hydroxylation is 3. The van der Waals surface area contributed by atoms with E-state index in [0.717, 1.165) is 30.9 Å². The van der Waals surface area contributed by atoms with Gasteiger partial charge in [0.15, 0.2) is 4.77 Å². The molecule has 0 amide bonds. The summed E-state index contributed by atoms with van der Waals surface area (Å²) in [6.07, 6.45) is 3.87. The van der Waals surface area contributed by atoms with Gasteiger partial charge in [-0.2, -0.15) is 10.2 Å². The molecule has 0 bridgehead atoms. The molecule has 0 aliphatic rings. The van der Waals surface area contributed by atoms with E-state index in [9.17, 15) is 0 Å². The van der Waals surface area contributed by atoms with Crippen molar-refractivity contribution >= 4 is 12.2 Å². The molecule has 6 heteroatoms. The van der Waals surface area contributed by atoms with Crippen molar-refractivity contribution < 1.29 is 0 Å². The van der Waals surface area contributed by atoms with Crippen molar-refractivity contribution in [2.75, 3.05) is 0 Å². The monoisotopic (exact) mass is 265 g/mol. The topological polar surface area (TPSA) is 51.4 Å². The van der Waals surface area contributed by atoms with Crippen LogP contribution >= 0.6 is 12.2 Å². The van der Waals surface area contributed by atoms with Crippen molar-refractivity contribution in [2.45, 2.75) is 46.2 Å². The predicted molar refractivity (Wildman–Crippen MR) is 73.1 cm³/mol. The molecule has 0 saturated heterocycles. The summed E-state index contributed by atoms with van der Waals surface area (Å²) in [5.41, 5.74) is 1.04. The Morgan fingerprint density at radius 1 is 1.50 bits per heavy atom. The Hall–Kier alpha value is -1.43. The summed E-state index contributed by atoms with van der Waals surface area (Å²) >= 11 is 5.27. The van der Waals surface area contributed by atoms with Gasteiger partial charge in [0.1, 0.15) is 5.82 Å². The fourth-order valence-corrected chi connectivity index (χ4v) is 2.28. The second kappa shape index (κ2) is 5.48. The van der Waals surface area contributed by atoms with Crippen LogP contribution in [-0.2, 0) is 13.0 Å². The van der Waals surface area contributed by atoms with E-state index in [0.29, 0.717) is 10.8 Å². The smallest absolute Gasteiger partial charge is 0.195 e. The van der Waals surface area contributed by atoms with E-state index >= 15 is 0 Å². The van der Waals surface area contributed by atoms with Crippen LogP contribution in [0.25, 0.3) is 0 Å². The van der Waals surface area contributed by atoms with Crippen LogP contribution in [0.5, 0.6) is 0 Å². The molecule has 1 atom stereocenters. The Kier molecular flexibility index (Phi) is 3.96. The Labute approximate surface area is 112 Å². The molecule has 0 aromatic carbocycles. The maximum Gasteiger partial charge on any atom is 0.195 e. The first-order valence-electron chi connectivity index (χ1n) is 6.27. The van der Waals surface area contributed by atoms with E-state index in [1.807, 2.05) is 23.9 Å². The van der Waals surface area contributed by atoms with Crippen molar-refractivity contribution in [3.05, 3.63) is 28.6 Å². The molecule has 0 fully saturated rings. The van der Waals surface area contributed by atoms with Crippen molar-refractivity contribution in [2.24, 2.45) is 0 Å². The zero-order valence-electron chi connectivity index (χ0n) is 11.1. The normalized spacial score (nSPS) is 12.8. The molecule has 98 valence electrons. The van der Waals surface area contributed by atoms with Gasteiger partial charge in [-0.1, -0.05) is 6.92 Å². The Morgan fingerprint density at radius 2 is 2.28 bits per heavy atom. The molecule has 0 unspecified atom stereocenters. The first-order valence-corrected chi connectivity index (χ1v) is 6.68. The molecule has 18 heavy (non-hydrogen) atoms. The standard InChI is InChI=1S/C12H19N5S/c1-4-10(3)17-11(13-14-12(17)18)6-8-16-7-5-9(2)15-16/h5,7,10H,4,6,8H2,1-3H3,(H,14,18)/t10-/m1/s1. The van der Waals surface area contributed by atoms with Crippen LogP contribution in [0.3, 0.4) is 0 Å². The van der Waals surface area contributed by atoms with E-state index < -0.39 is 0 Å². The van der Waals surface area contributed by atoms with Crippen LogP contribution in [-0.4, -0.2) is 24.5 Å². The fourth-order valence-electron chi connectivity index (χ4n) is 1.95. The van der Waals surface area contributed by atoms with Crippen molar-refractivity contribution in [3.8, 4) is 0 Å². The van der Waals surface area contributed by atoms with Crippen LogP contribution in [0, 0.1) is 11.7 Å². The highest BCUT2D eigenvalue weighted by molar-refractivity contribution is 7.71. The lowest BCUT2D eigenvalue weighted by molar-refractivity contribution is 0.488. The molecule has 2 heterocycles. The molecule has 0 radical (unpaired) electrons. The molecule has 2 aromatic heterocycles. The summed E-state index contributed by atoms with van der Waals surface area (Å²) in [4.78, 5) is 0. The Bertz CT molecular complexity index is 565. The minimum atomic E-state index is 0.380. The van der Waals surface area contributed by atoms with Crippen LogP contribution in [0.4, 0.5) is 0 Å². The quantitative estimate of drug-likeness (QED) is 0.846. The van der Waals surface area contributed by atoms with Crippen LogP contribution in [0.1, 0.15) is 37.8 Å². The zero-order chi connectivity index (χ0) is 13.1. The predicted octanol–water partition coefficient (Wildman–Crippen LogP) is 2.66. The van der Waals surface area contributed by atoms with E-state index in [-0.39, 0.29) is 0 Å². The van der Waals surface area contributed by atoms with Crippen LogP contribution in [0.2, 0.25) is 0 Å². The van der Waals surface area contributed by atoms with Gasteiger partial charge in [-0.25, -0.2) is 0 Å². The average Bonchev–Trinajstić information content (AvgIpc) is 2.92. The Morgan fingerprint density at radius 3 is 2.89 bits per heavy atom. The number of H-pyrrole nitrogens is 1. The van der Waals surface area contributed by atoms with Gasteiger partial charge < -0.3 is 4.57 Å². The molecule has 2 rings (SSSR count). The largest absolute Gasteiger partial charge is 0.301 e. The number of nitrogens with zero attached hydrogens (tertiary/aromatic N) is 4. The van der Waals surface area contributed by atoms with E-state index in [1.54, 1.807) is 0 Å². The number of aromatic nitrogens is 5. The van der Waals surface area contributed by atoms with Crippen LogP contribution < -0.4 is 0 Å². The van der Waals surface area contributed by atoms with Gasteiger partial charge in [-0.3, -0.25) is 9.78 Å².